The molecule has 4 rings (SSSR count). The fourth-order valence-corrected chi connectivity index (χ4v) is 3.93. The highest BCUT2D eigenvalue weighted by Crippen LogP contribution is 2.55. The Morgan fingerprint density at radius 2 is 2.20 bits per heavy atom. The van der Waals surface area contributed by atoms with Gasteiger partial charge in [-0.3, -0.25) is 19.5 Å². The number of nitrogens with one attached hydrogen (secondary N) is 2. The van der Waals surface area contributed by atoms with E-state index in [4.69, 9.17) is 0 Å². The summed E-state index contributed by atoms with van der Waals surface area (Å²) >= 11 is 0. The molecule has 8 heteroatoms. The molecule has 0 spiro atoms. The fourth-order valence-electron chi connectivity index (χ4n) is 3.93. The summed E-state index contributed by atoms with van der Waals surface area (Å²) in [6, 6.07) is -0.584. The van der Waals surface area contributed by atoms with Crippen molar-refractivity contribution in [1.82, 2.24) is 25.3 Å². The lowest BCUT2D eigenvalue weighted by Crippen LogP contribution is -2.54. The number of hydrogen-bond donors (Lipinski definition) is 2. The van der Waals surface area contributed by atoms with Crippen molar-refractivity contribution in [2.45, 2.75) is 37.6 Å². The summed E-state index contributed by atoms with van der Waals surface area (Å²) in [7, 11) is 3.33. The molecule has 3 atom stereocenters. The molecule has 1 aliphatic heterocycles. The number of H-pyrrole nitrogens is 1. The van der Waals surface area contributed by atoms with Crippen LogP contribution in [0.3, 0.4) is 0 Å². The molecular formula is C17H23N5O3. The Morgan fingerprint density at radius 1 is 1.40 bits per heavy atom. The van der Waals surface area contributed by atoms with E-state index >= 15 is 0 Å². The second kappa shape index (κ2) is 5.86. The van der Waals surface area contributed by atoms with Gasteiger partial charge >= 0.3 is 0 Å². The van der Waals surface area contributed by atoms with Gasteiger partial charge in [0.15, 0.2) is 5.69 Å². The molecule has 1 saturated heterocycles. The molecule has 3 aliphatic rings. The first-order valence-electron chi connectivity index (χ1n) is 8.82. The first-order chi connectivity index (χ1) is 12.0. The van der Waals surface area contributed by atoms with E-state index in [-0.39, 0.29) is 24.3 Å². The lowest BCUT2D eigenvalue weighted by atomic mass is 10.0. The number of amides is 3. The van der Waals surface area contributed by atoms with Crippen LogP contribution in [-0.2, 0) is 16.0 Å². The molecule has 2 heterocycles. The second-order valence-electron chi connectivity index (χ2n) is 7.49. The number of carbonyl (C=O) groups is 3. The average molecular weight is 345 g/mol. The highest BCUT2D eigenvalue weighted by molar-refractivity contribution is 5.98. The molecule has 134 valence electrons. The predicted molar refractivity (Wildman–Crippen MR) is 88.9 cm³/mol. The molecule has 0 aromatic carbocycles. The topological polar surface area (TPSA) is 98.4 Å². The molecule has 3 amide bonds. The van der Waals surface area contributed by atoms with Crippen LogP contribution in [0.15, 0.2) is 0 Å². The highest BCUT2D eigenvalue weighted by atomic mass is 16.2. The maximum Gasteiger partial charge on any atom is 0.272 e. The number of nitrogens with zero attached hydrogens (tertiary/aromatic N) is 3. The van der Waals surface area contributed by atoms with E-state index in [0.29, 0.717) is 30.5 Å². The van der Waals surface area contributed by atoms with E-state index in [1.807, 2.05) is 0 Å². The van der Waals surface area contributed by atoms with E-state index in [1.165, 1.54) is 16.2 Å². The highest BCUT2D eigenvalue weighted by Gasteiger charge is 2.48. The van der Waals surface area contributed by atoms with Gasteiger partial charge in [0.1, 0.15) is 6.04 Å². The van der Waals surface area contributed by atoms with E-state index in [2.05, 4.69) is 15.5 Å². The van der Waals surface area contributed by atoms with Gasteiger partial charge in [-0.1, -0.05) is 0 Å². The van der Waals surface area contributed by atoms with E-state index in [9.17, 15) is 14.4 Å². The van der Waals surface area contributed by atoms with E-state index in [1.54, 1.807) is 14.1 Å². The number of aromatic nitrogens is 2. The molecule has 1 aromatic rings. The first-order valence-corrected chi connectivity index (χ1v) is 8.82. The summed E-state index contributed by atoms with van der Waals surface area (Å²) in [6.07, 6.45) is 3.45. The molecule has 8 nitrogen and oxygen atoms in total. The van der Waals surface area contributed by atoms with Crippen molar-refractivity contribution in [3.63, 3.8) is 0 Å². The largest absolute Gasteiger partial charge is 0.347 e. The van der Waals surface area contributed by atoms with Gasteiger partial charge in [-0.15, -0.1) is 0 Å². The van der Waals surface area contributed by atoms with Crippen LogP contribution < -0.4 is 5.32 Å². The number of likely N-dealkylation sites (N-methyl/N-ethyl adjacent to an activating group) is 1. The van der Waals surface area contributed by atoms with Crippen LogP contribution in [0, 0.1) is 5.92 Å². The van der Waals surface area contributed by atoms with Crippen molar-refractivity contribution in [1.29, 1.82) is 0 Å². The quantitative estimate of drug-likeness (QED) is 0.795. The van der Waals surface area contributed by atoms with Crippen LogP contribution in [0.4, 0.5) is 0 Å². The Kier molecular flexibility index (Phi) is 3.77. The van der Waals surface area contributed by atoms with Crippen LogP contribution >= 0.6 is 0 Å². The van der Waals surface area contributed by atoms with Gasteiger partial charge in [-0.25, -0.2) is 0 Å². The minimum atomic E-state index is -0.584. The standard InChI is InChI=1S/C17H23N5O3/c1-21(2)13(23)8-22-5-3-4-12(17(22)25)18-16(24)15-11-7-9-6-10(9)14(11)19-20-15/h9-10,12H,3-8H2,1-2H3,(H,18,24)(H,19,20)/t9-,10-,12?/m1/s1. The molecule has 0 bridgehead atoms. The molecule has 1 aromatic heterocycles. The van der Waals surface area contributed by atoms with Crippen molar-refractivity contribution < 1.29 is 14.4 Å². The van der Waals surface area contributed by atoms with E-state index < -0.39 is 6.04 Å². The number of rotatable bonds is 4. The van der Waals surface area contributed by atoms with Crippen LogP contribution in [0.5, 0.6) is 0 Å². The van der Waals surface area contributed by atoms with Crippen LogP contribution in [-0.4, -0.2) is 70.9 Å². The van der Waals surface area contributed by atoms with Crippen molar-refractivity contribution >= 4 is 17.7 Å². The van der Waals surface area contributed by atoms with E-state index in [0.717, 1.165) is 24.1 Å². The lowest BCUT2D eigenvalue weighted by Gasteiger charge is -2.32. The van der Waals surface area contributed by atoms with Gasteiger partial charge in [0, 0.05) is 37.8 Å². The SMILES string of the molecule is CN(C)C(=O)CN1CCCC(NC(=O)c2n[nH]c3c2C[C@H]2C[C@@H]32)C1=O. The molecule has 2 N–H and O–H groups in total. The van der Waals surface area contributed by atoms with Gasteiger partial charge in [-0.05, 0) is 31.6 Å². The molecule has 2 aliphatic carbocycles. The number of carbonyl (C=O) groups excluding carboxylic acids is 3. The minimum Gasteiger partial charge on any atom is -0.347 e. The zero-order chi connectivity index (χ0) is 17.7. The molecular weight excluding hydrogens is 322 g/mol. The summed E-state index contributed by atoms with van der Waals surface area (Å²) in [4.78, 5) is 40.1. The van der Waals surface area contributed by atoms with Crippen molar-refractivity contribution in [2.24, 2.45) is 5.92 Å². The van der Waals surface area contributed by atoms with Gasteiger partial charge in [-0.2, -0.15) is 5.10 Å². The zero-order valence-electron chi connectivity index (χ0n) is 14.5. The Hall–Kier alpha value is -2.38. The Morgan fingerprint density at radius 3 is 2.96 bits per heavy atom. The summed E-state index contributed by atoms with van der Waals surface area (Å²) in [5, 5.41) is 10.00. The molecule has 2 fully saturated rings. The number of piperidine rings is 1. The maximum atomic E-state index is 12.6. The molecule has 0 radical (unpaired) electrons. The van der Waals surface area contributed by atoms with Crippen LogP contribution in [0.25, 0.3) is 0 Å². The second-order valence-corrected chi connectivity index (χ2v) is 7.49. The smallest absolute Gasteiger partial charge is 0.272 e. The number of aromatic amines is 1. The lowest BCUT2D eigenvalue weighted by molar-refractivity contribution is -0.142. The average Bonchev–Trinajstić information content (AvgIpc) is 3.05. The molecule has 25 heavy (non-hydrogen) atoms. The Balaban J connectivity index is 1.42. The zero-order valence-corrected chi connectivity index (χ0v) is 14.5. The summed E-state index contributed by atoms with van der Waals surface area (Å²) in [5.41, 5.74) is 2.54. The van der Waals surface area contributed by atoms with Gasteiger partial charge in [0.05, 0.1) is 6.54 Å². The monoisotopic (exact) mass is 345 g/mol. The third kappa shape index (κ3) is 2.79. The van der Waals surface area contributed by atoms with Gasteiger partial charge in [0.2, 0.25) is 11.8 Å². The third-order valence-corrected chi connectivity index (χ3v) is 5.53. The minimum absolute atomic E-state index is 0.0549. The number of likely N-dealkylation sites (tertiary alicyclic amines) is 1. The Bertz CT molecular complexity index is 741. The molecule has 1 saturated carbocycles. The van der Waals surface area contributed by atoms with Crippen molar-refractivity contribution in [3.8, 4) is 0 Å². The van der Waals surface area contributed by atoms with Crippen LogP contribution in [0.2, 0.25) is 0 Å². The number of hydrogen-bond acceptors (Lipinski definition) is 4. The molecule has 1 unspecified atom stereocenters. The van der Waals surface area contributed by atoms with Crippen LogP contribution in [0.1, 0.15) is 46.9 Å². The summed E-state index contributed by atoms with van der Waals surface area (Å²) in [6.45, 7) is 0.602. The van der Waals surface area contributed by atoms with Gasteiger partial charge < -0.3 is 15.1 Å². The third-order valence-electron chi connectivity index (χ3n) is 5.53. The normalized spacial score (nSPS) is 26.9. The maximum absolute atomic E-state index is 12.6. The Labute approximate surface area is 145 Å². The summed E-state index contributed by atoms with van der Waals surface area (Å²) in [5.74, 6) is 0.611. The summed E-state index contributed by atoms with van der Waals surface area (Å²) < 4.78 is 0. The predicted octanol–water partition coefficient (Wildman–Crippen LogP) is -0.122. The van der Waals surface area contributed by atoms with Crippen molar-refractivity contribution in [2.75, 3.05) is 27.2 Å². The number of fused-ring (bicyclic) bond motifs is 3. The van der Waals surface area contributed by atoms with Crippen molar-refractivity contribution in [3.05, 3.63) is 17.0 Å². The first kappa shape index (κ1) is 16.1. The fraction of sp³-hybridized carbons (Fsp3) is 0.647. The van der Waals surface area contributed by atoms with Gasteiger partial charge in [0.25, 0.3) is 5.91 Å².